The molecule has 0 bridgehead atoms. The number of hydrogen-bond acceptors (Lipinski definition) is 2. The molecule has 0 spiro atoms. The van der Waals surface area contributed by atoms with Gasteiger partial charge < -0.3 is 0 Å². The van der Waals surface area contributed by atoms with Crippen molar-refractivity contribution in [1.82, 2.24) is 9.55 Å². The molecular weight excluding hydrogens is 290 g/mol. The van der Waals surface area contributed by atoms with E-state index < -0.39 is 28.6 Å². The van der Waals surface area contributed by atoms with Crippen LogP contribution in [-0.2, 0) is 6.42 Å². The van der Waals surface area contributed by atoms with Crippen LogP contribution < -0.4 is 11.2 Å². The van der Waals surface area contributed by atoms with Crippen molar-refractivity contribution in [1.29, 1.82) is 0 Å². The lowest BCUT2D eigenvalue weighted by Gasteiger charge is -2.10. The Bertz CT molecular complexity index is 748. The van der Waals surface area contributed by atoms with Crippen LogP contribution in [0.1, 0.15) is 18.9 Å². The summed E-state index contributed by atoms with van der Waals surface area (Å²) < 4.78 is 27.9. The number of rotatable bonds is 3. The van der Waals surface area contributed by atoms with Crippen molar-refractivity contribution in [2.24, 2.45) is 0 Å². The van der Waals surface area contributed by atoms with Crippen LogP contribution in [0, 0.1) is 11.6 Å². The first kappa shape index (κ1) is 14.5. The average molecular weight is 301 g/mol. The van der Waals surface area contributed by atoms with Crippen molar-refractivity contribution in [2.75, 3.05) is 0 Å². The summed E-state index contributed by atoms with van der Waals surface area (Å²) in [5.41, 5.74) is -2.38. The normalized spacial score (nSPS) is 10.8. The highest BCUT2D eigenvalue weighted by atomic mass is 35.5. The molecule has 1 N–H and O–H groups in total. The fraction of sp³-hybridized carbons (Fsp3) is 0.231. The lowest BCUT2D eigenvalue weighted by atomic mass is 10.2. The van der Waals surface area contributed by atoms with Crippen LogP contribution in [0.15, 0.2) is 27.8 Å². The van der Waals surface area contributed by atoms with Gasteiger partial charge in [0.2, 0.25) is 0 Å². The largest absolute Gasteiger partial charge is 0.334 e. The summed E-state index contributed by atoms with van der Waals surface area (Å²) in [6, 6.07) is 3.09. The summed E-state index contributed by atoms with van der Waals surface area (Å²) in [5.74, 6) is -2.00. The van der Waals surface area contributed by atoms with Gasteiger partial charge in [-0.1, -0.05) is 31.0 Å². The van der Waals surface area contributed by atoms with Crippen LogP contribution >= 0.6 is 11.6 Å². The second kappa shape index (κ2) is 5.58. The number of aromatic nitrogens is 2. The maximum Gasteiger partial charge on any atom is 0.334 e. The lowest BCUT2D eigenvalue weighted by molar-refractivity contribution is 0.561. The molecule has 7 heteroatoms. The molecule has 0 saturated heterocycles. The van der Waals surface area contributed by atoms with E-state index in [0.29, 0.717) is 17.4 Å². The van der Waals surface area contributed by atoms with Crippen molar-refractivity contribution < 1.29 is 8.78 Å². The molecule has 106 valence electrons. The molecule has 0 amide bonds. The summed E-state index contributed by atoms with van der Waals surface area (Å²) in [5, 5.41) is -0.102. The Hall–Kier alpha value is -1.95. The van der Waals surface area contributed by atoms with Gasteiger partial charge in [-0.05, 0) is 18.6 Å². The SMILES string of the molecule is CCCc1c(Cl)[nH]c(=O)n(-c2c(F)cccc2F)c1=O. The van der Waals surface area contributed by atoms with Gasteiger partial charge in [0.25, 0.3) is 5.56 Å². The minimum Gasteiger partial charge on any atom is -0.297 e. The number of para-hydroxylation sites is 1. The van der Waals surface area contributed by atoms with Gasteiger partial charge in [0, 0.05) is 0 Å². The van der Waals surface area contributed by atoms with Crippen LogP contribution in [0.25, 0.3) is 5.69 Å². The zero-order valence-corrected chi connectivity index (χ0v) is 11.3. The van der Waals surface area contributed by atoms with E-state index in [1.54, 1.807) is 0 Å². The Morgan fingerprint density at radius 3 is 2.40 bits per heavy atom. The highest BCUT2D eigenvalue weighted by molar-refractivity contribution is 6.30. The van der Waals surface area contributed by atoms with Crippen LogP contribution in [-0.4, -0.2) is 9.55 Å². The van der Waals surface area contributed by atoms with Gasteiger partial charge in [-0.2, -0.15) is 0 Å². The summed E-state index contributed by atoms with van der Waals surface area (Å²) in [6.07, 6.45) is 0.894. The molecule has 0 unspecified atom stereocenters. The molecule has 0 radical (unpaired) electrons. The van der Waals surface area contributed by atoms with Crippen LogP contribution in [0.2, 0.25) is 5.15 Å². The van der Waals surface area contributed by atoms with E-state index >= 15 is 0 Å². The van der Waals surface area contributed by atoms with Gasteiger partial charge in [-0.3, -0.25) is 9.78 Å². The second-order valence-electron chi connectivity index (χ2n) is 4.18. The second-order valence-corrected chi connectivity index (χ2v) is 4.56. The van der Waals surface area contributed by atoms with E-state index in [1.165, 1.54) is 0 Å². The van der Waals surface area contributed by atoms with Crippen molar-refractivity contribution in [3.8, 4) is 5.69 Å². The molecule has 20 heavy (non-hydrogen) atoms. The number of benzene rings is 1. The molecule has 0 aliphatic heterocycles. The molecule has 1 aromatic heterocycles. The number of aromatic amines is 1. The van der Waals surface area contributed by atoms with Gasteiger partial charge in [0.15, 0.2) is 0 Å². The van der Waals surface area contributed by atoms with Crippen molar-refractivity contribution in [3.05, 3.63) is 61.4 Å². The summed E-state index contributed by atoms with van der Waals surface area (Å²) in [4.78, 5) is 26.3. The Morgan fingerprint density at radius 1 is 1.25 bits per heavy atom. The van der Waals surface area contributed by atoms with Gasteiger partial charge in [-0.15, -0.1) is 0 Å². The van der Waals surface area contributed by atoms with E-state index in [1.807, 2.05) is 6.92 Å². The zero-order valence-electron chi connectivity index (χ0n) is 10.5. The minimum atomic E-state index is -0.998. The zero-order chi connectivity index (χ0) is 14.9. The van der Waals surface area contributed by atoms with Crippen molar-refractivity contribution >= 4 is 11.6 Å². The van der Waals surface area contributed by atoms with E-state index in [9.17, 15) is 18.4 Å². The Morgan fingerprint density at radius 2 is 1.85 bits per heavy atom. The van der Waals surface area contributed by atoms with E-state index in [-0.39, 0.29) is 10.7 Å². The summed E-state index contributed by atoms with van der Waals surface area (Å²) >= 11 is 5.80. The van der Waals surface area contributed by atoms with Gasteiger partial charge in [0.05, 0.1) is 5.56 Å². The molecule has 0 atom stereocenters. The van der Waals surface area contributed by atoms with Gasteiger partial charge in [0.1, 0.15) is 22.5 Å². The predicted octanol–water partition coefficient (Wildman–Crippen LogP) is 2.41. The maximum absolute atomic E-state index is 13.7. The first-order valence-electron chi connectivity index (χ1n) is 5.95. The number of H-pyrrole nitrogens is 1. The van der Waals surface area contributed by atoms with Crippen LogP contribution in [0.3, 0.4) is 0 Å². The fourth-order valence-electron chi connectivity index (χ4n) is 1.92. The summed E-state index contributed by atoms with van der Waals surface area (Å²) in [6.45, 7) is 1.81. The lowest BCUT2D eigenvalue weighted by Crippen LogP contribution is -2.37. The topological polar surface area (TPSA) is 54.9 Å². The molecule has 0 saturated carbocycles. The standard InChI is InChI=1S/C13H11ClF2N2O2/c1-2-4-7-11(14)17-13(20)18(12(7)19)10-8(15)5-3-6-9(10)16/h3,5-6H,2,4H2,1H3,(H,17,20). The maximum atomic E-state index is 13.7. The molecule has 2 rings (SSSR count). The average Bonchev–Trinajstić information content (AvgIpc) is 2.37. The Labute approximate surface area is 117 Å². The molecule has 0 aliphatic carbocycles. The number of nitrogens with zero attached hydrogens (tertiary/aromatic N) is 1. The first-order chi connectivity index (χ1) is 9.47. The van der Waals surface area contributed by atoms with E-state index in [0.717, 1.165) is 18.2 Å². The molecule has 1 heterocycles. The van der Waals surface area contributed by atoms with E-state index in [2.05, 4.69) is 4.98 Å². The quantitative estimate of drug-likeness (QED) is 0.885. The number of hydrogen-bond donors (Lipinski definition) is 1. The predicted molar refractivity (Wildman–Crippen MR) is 71.6 cm³/mol. The van der Waals surface area contributed by atoms with Crippen LogP contribution in [0.4, 0.5) is 8.78 Å². The third kappa shape index (κ3) is 2.38. The van der Waals surface area contributed by atoms with Crippen molar-refractivity contribution in [2.45, 2.75) is 19.8 Å². The molecule has 2 aromatic rings. The summed E-state index contributed by atoms with van der Waals surface area (Å²) in [7, 11) is 0. The smallest absolute Gasteiger partial charge is 0.297 e. The first-order valence-corrected chi connectivity index (χ1v) is 6.33. The highest BCUT2D eigenvalue weighted by Crippen LogP contribution is 2.16. The molecule has 1 aromatic carbocycles. The third-order valence-electron chi connectivity index (χ3n) is 2.81. The molecular formula is C13H11ClF2N2O2. The monoisotopic (exact) mass is 300 g/mol. The van der Waals surface area contributed by atoms with Crippen LogP contribution in [0.5, 0.6) is 0 Å². The van der Waals surface area contributed by atoms with Crippen molar-refractivity contribution in [3.63, 3.8) is 0 Å². The number of halogens is 3. The Balaban J connectivity index is 2.85. The number of nitrogens with one attached hydrogen (secondary N) is 1. The van der Waals surface area contributed by atoms with E-state index in [4.69, 9.17) is 11.6 Å². The highest BCUT2D eigenvalue weighted by Gasteiger charge is 2.19. The third-order valence-corrected chi connectivity index (χ3v) is 3.13. The van der Waals surface area contributed by atoms with Gasteiger partial charge in [-0.25, -0.2) is 18.1 Å². The fourth-order valence-corrected chi connectivity index (χ4v) is 2.17. The molecule has 0 fully saturated rings. The van der Waals surface area contributed by atoms with Gasteiger partial charge >= 0.3 is 5.69 Å². The minimum absolute atomic E-state index is 0.102. The Kier molecular flexibility index (Phi) is 4.04. The molecule has 0 aliphatic rings. The molecule has 4 nitrogen and oxygen atoms in total.